The molecule has 0 amide bonds. The summed E-state index contributed by atoms with van der Waals surface area (Å²) >= 11 is 0. The molecule has 1 N–H and O–H groups in total. The molecule has 0 spiro atoms. The van der Waals surface area contributed by atoms with Gasteiger partial charge in [-0.25, -0.2) is 13.1 Å². The van der Waals surface area contributed by atoms with Crippen molar-refractivity contribution >= 4 is 21.5 Å². The number of carbonyl (C=O) groups is 1. The molecule has 124 valence electrons. The van der Waals surface area contributed by atoms with Crippen LogP contribution < -0.4 is 4.72 Å². The van der Waals surface area contributed by atoms with E-state index in [2.05, 4.69) is 20.2 Å². The Kier molecular flexibility index (Phi) is 4.51. The molecule has 0 fully saturated rings. The molecule has 8 nitrogen and oxygen atoms in total. The maximum atomic E-state index is 12.3. The Morgan fingerprint density at radius 1 is 1.22 bits per heavy atom. The predicted octanol–water partition coefficient (Wildman–Crippen LogP) is 1.22. The highest BCUT2D eigenvalue weighted by atomic mass is 32.2. The number of hydrogen-bond donors (Lipinski definition) is 1. The maximum Gasteiger partial charge on any atom is 0.229 e. The van der Waals surface area contributed by atoms with Crippen molar-refractivity contribution in [3.63, 3.8) is 0 Å². The van der Waals surface area contributed by atoms with Gasteiger partial charge < -0.3 is 0 Å². The summed E-state index contributed by atoms with van der Waals surface area (Å²) < 4.78 is 26.1. The second-order valence-corrected chi connectivity index (χ2v) is 8.03. The largest absolute Gasteiger partial charge is 0.292 e. The first-order chi connectivity index (χ1) is 10.6. The number of nitrogens with zero attached hydrogens (tertiary/aromatic N) is 4. The smallest absolute Gasteiger partial charge is 0.229 e. The minimum absolute atomic E-state index is 0.0262. The Balaban J connectivity index is 2.14. The first kappa shape index (κ1) is 17.1. The molecule has 0 saturated heterocycles. The van der Waals surface area contributed by atoms with E-state index in [1.54, 1.807) is 24.3 Å². The SMILES string of the molecule is CC(C)(C)c1nnnn1CC(=O)c1ccc(NS(C)(=O)=O)cc1. The fourth-order valence-electron chi connectivity index (χ4n) is 2.01. The molecule has 0 atom stereocenters. The van der Waals surface area contributed by atoms with Crippen LogP contribution in [-0.4, -0.2) is 40.7 Å². The molecule has 0 unspecified atom stereocenters. The Morgan fingerprint density at radius 3 is 2.35 bits per heavy atom. The second kappa shape index (κ2) is 6.07. The Hall–Kier alpha value is -2.29. The lowest BCUT2D eigenvalue weighted by molar-refractivity contribution is 0.0964. The highest BCUT2D eigenvalue weighted by Crippen LogP contribution is 2.19. The lowest BCUT2D eigenvalue weighted by Gasteiger charge is -2.16. The van der Waals surface area contributed by atoms with Gasteiger partial charge in [0.15, 0.2) is 11.6 Å². The Labute approximate surface area is 134 Å². The van der Waals surface area contributed by atoms with Crippen LogP contribution in [0.5, 0.6) is 0 Å². The molecule has 2 aromatic rings. The van der Waals surface area contributed by atoms with Crippen molar-refractivity contribution in [2.24, 2.45) is 0 Å². The number of nitrogens with one attached hydrogen (secondary N) is 1. The van der Waals surface area contributed by atoms with Gasteiger partial charge in [-0.1, -0.05) is 20.8 Å². The number of anilines is 1. The second-order valence-electron chi connectivity index (χ2n) is 6.28. The van der Waals surface area contributed by atoms with Crippen molar-refractivity contribution in [2.45, 2.75) is 32.7 Å². The molecule has 0 bridgehead atoms. The third kappa shape index (κ3) is 4.59. The van der Waals surface area contributed by atoms with Crippen LogP contribution in [0.4, 0.5) is 5.69 Å². The van der Waals surface area contributed by atoms with Gasteiger partial charge in [0, 0.05) is 16.7 Å². The van der Waals surface area contributed by atoms with E-state index in [1.807, 2.05) is 20.8 Å². The quantitative estimate of drug-likeness (QED) is 0.822. The number of hydrogen-bond acceptors (Lipinski definition) is 6. The summed E-state index contributed by atoms with van der Waals surface area (Å²) in [5.41, 5.74) is 0.591. The van der Waals surface area contributed by atoms with Crippen LogP contribution in [0, 0.1) is 0 Å². The van der Waals surface area contributed by atoms with Gasteiger partial charge in [-0.3, -0.25) is 9.52 Å². The molecule has 0 aliphatic carbocycles. The van der Waals surface area contributed by atoms with Gasteiger partial charge in [-0.05, 0) is 34.7 Å². The average molecular weight is 337 g/mol. The molecule has 0 saturated carbocycles. The van der Waals surface area contributed by atoms with Crippen LogP contribution in [0.25, 0.3) is 0 Å². The molecule has 0 aliphatic rings. The van der Waals surface area contributed by atoms with Crippen molar-refractivity contribution < 1.29 is 13.2 Å². The minimum atomic E-state index is -3.34. The number of rotatable bonds is 5. The van der Waals surface area contributed by atoms with Crippen LogP contribution >= 0.6 is 0 Å². The van der Waals surface area contributed by atoms with Crippen LogP contribution in [0.1, 0.15) is 37.0 Å². The van der Waals surface area contributed by atoms with Gasteiger partial charge in [-0.15, -0.1) is 5.10 Å². The molecule has 2 rings (SSSR count). The van der Waals surface area contributed by atoms with Crippen LogP contribution in [0.15, 0.2) is 24.3 Å². The van der Waals surface area contributed by atoms with E-state index in [4.69, 9.17) is 0 Å². The lowest BCUT2D eigenvalue weighted by Crippen LogP contribution is -2.22. The van der Waals surface area contributed by atoms with Gasteiger partial charge in [0.05, 0.1) is 6.26 Å². The lowest BCUT2D eigenvalue weighted by atomic mass is 9.96. The van der Waals surface area contributed by atoms with E-state index in [-0.39, 0.29) is 17.7 Å². The van der Waals surface area contributed by atoms with Crippen molar-refractivity contribution in [3.05, 3.63) is 35.7 Å². The van der Waals surface area contributed by atoms with Crippen LogP contribution in [0.3, 0.4) is 0 Å². The monoisotopic (exact) mass is 337 g/mol. The predicted molar refractivity (Wildman–Crippen MR) is 85.8 cm³/mol. The Bertz CT molecular complexity index is 804. The molecule has 9 heteroatoms. The van der Waals surface area contributed by atoms with Gasteiger partial charge in [0.1, 0.15) is 6.54 Å². The van der Waals surface area contributed by atoms with E-state index in [1.165, 1.54) is 4.68 Å². The summed E-state index contributed by atoms with van der Waals surface area (Å²) in [4.78, 5) is 12.3. The van der Waals surface area contributed by atoms with E-state index >= 15 is 0 Å². The summed E-state index contributed by atoms with van der Waals surface area (Å²) in [6.07, 6.45) is 1.07. The van der Waals surface area contributed by atoms with Crippen LogP contribution in [0.2, 0.25) is 0 Å². The summed E-state index contributed by atoms with van der Waals surface area (Å²) in [5, 5.41) is 11.4. The van der Waals surface area contributed by atoms with E-state index in [9.17, 15) is 13.2 Å². The van der Waals surface area contributed by atoms with Gasteiger partial charge in [-0.2, -0.15) is 0 Å². The fourth-order valence-corrected chi connectivity index (χ4v) is 2.58. The topological polar surface area (TPSA) is 107 Å². The van der Waals surface area contributed by atoms with E-state index in [0.29, 0.717) is 17.1 Å². The zero-order chi connectivity index (χ0) is 17.3. The number of benzene rings is 1. The maximum absolute atomic E-state index is 12.3. The minimum Gasteiger partial charge on any atom is -0.292 e. The van der Waals surface area contributed by atoms with Gasteiger partial charge >= 0.3 is 0 Å². The standard InChI is InChI=1S/C14H19N5O3S/c1-14(2,3)13-15-17-18-19(13)9-12(20)10-5-7-11(8-6-10)16-23(4,21)22/h5-8,16H,9H2,1-4H3. The van der Waals surface area contributed by atoms with E-state index < -0.39 is 10.0 Å². The first-order valence-electron chi connectivity index (χ1n) is 6.94. The number of aromatic nitrogens is 4. The summed E-state index contributed by atoms with van der Waals surface area (Å²) in [6, 6.07) is 6.21. The molecule has 1 aromatic carbocycles. The highest BCUT2D eigenvalue weighted by molar-refractivity contribution is 7.92. The number of carbonyl (C=O) groups excluding carboxylic acids is 1. The van der Waals surface area contributed by atoms with Crippen molar-refractivity contribution in [2.75, 3.05) is 11.0 Å². The normalized spacial score (nSPS) is 12.2. The van der Waals surface area contributed by atoms with Crippen LogP contribution in [-0.2, 0) is 22.0 Å². The highest BCUT2D eigenvalue weighted by Gasteiger charge is 2.23. The zero-order valence-electron chi connectivity index (χ0n) is 13.4. The third-order valence-electron chi connectivity index (χ3n) is 3.01. The summed E-state index contributed by atoms with van der Waals surface area (Å²) in [7, 11) is -3.34. The van der Waals surface area contributed by atoms with Crippen molar-refractivity contribution in [1.82, 2.24) is 20.2 Å². The molecule has 23 heavy (non-hydrogen) atoms. The molecular formula is C14H19N5O3S. The number of Topliss-reactive ketones (excluding diaryl/α,β-unsaturated/α-hetero) is 1. The molecular weight excluding hydrogens is 318 g/mol. The van der Waals surface area contributed by atoms with Crippen molar-refractivity contribution in [1.29, 1.82) is 0 Å². The third-order valence-corrected chi connectivity index (χ3v) is 3.61. The molecule has 1 heterocycles. The number of tetrazole rings is 1. The van der Waals surface area contributed by atoms with Gasteiger partial charge in [0.25, 0.3) is 0 Å². The Morgan fingerprint density at radius 2 is 1.83 bits per heavy atom. The zero-order valence-corrected chi connectivity index (χ0v) is 14.3. The average Bonchev–Trinajstić information content (AvgIpc) is 2.85. The van der Waals surface area contributed by atoms with Gasteiger partial charge in [0.2, 0.25) is 10.0 Å². The first-order valence-corrected chi connectivity index (χ1v) is 8.83. The molecule has 1 aromatic heterocycles. The van der Waals surface area contributed by atoms with Crippen molar-refractivity contribution in [3.8, 4) is 0 Å². The molecule has 0 radical (unpaired) electrons. The van der Waals surface area contributed by atoms with E-state index in [0.717, 1.165) is 6.26 Å². The number of sulfonamides is 1. The summed E-state index contributed by atoms with van der Waals surface area (Å²) in [6.45, 7) is 5.92. The number of ketones is 1. The fraction of sp³-hybridized carbons (Fsp3) is 0.429. The summed E-state index contributed by atoms with van der Waals surface area (Å²) in [5.74, 6) is 0.468. The molecule has 0 aliphatic heterocycles.